The van der Waals surface area contributed by atoms with Gasteiger partial charge in [-0.2, -0.15) is 0 Å². The Labute approximate surface area is 107 Å². The summed E-state index contributed by atoms with van der Waals surface area (Å²) in [6, 6.07) is 6.65. The number of nitrogen functional groups attached to an aromatic ring is 1. The van der Waals surface area contributed by atoms with Gasteiger partial charge in [-0.15, -0.1) is 0 Å². The number of hydrogen-bond donors (Lipinski definition) is 2. The lowest BCUT2D eigenvalue weighted by Gasteiger charge is -2.22. The average Bonchev–Trinajstić information content (AvgIpc) is 2.25. The topological polar surface area (TPSA) is 89.3 Å². The Morgan fingerprint density at radius 1 is 1.33 bits per heavy atom. The highest BCUT2D eigenvalue weighted by molar-refractivity contribution is 7.92. The minimum atomic E-state index is -3.24. The van der Waals surface area contributed by atoms with Crippen LogP contribution < -0.4 is 11.1 Å². The third-order valence-corrected chi connectivity index (χ3v) is 5.04. The van der Waals surface area contributed by atoms with Crippen molar-refractivity contribution in [3.63, 3.8) is 0 Å². The summed E-state index contributed by atoms with van der Waals surface area (Å²) in [6.45, 7) is 3.17. The molecule has 0 aliphatic carbocycles. The molecule has 0 saturated carbocycles. The van der Waals surface area contributed by atoms with Crippen molar-refractivity contribution in [3.05, 3.63) is 29.8 Å². The minimum absolute atomic E-state index is 0.0407. The number of anilines is 1. The standard InChI is InChI=1S/C12H18N2O3S/c1-12(2,18(3,16)17)8-14-11(15)9-6-4-5-7-10(9)13/h4-7H,8,13H2,1-3H3,(H,14,15). The first-order valence-corrected chi connectivity index (χ1v) is 7.36. The van der Waals surface area contributed by atoms with Crippen LogP contribution in [0, 0.1) is 0 Å². The van der Waals surface area contributed by atoms with Gasteiger partial charge < -0.3 is 11.1 Å². The molecule has 0 aromatic heterocycles. The fourth-order valence-electron chi connectivity index (χ4n) is 1.22. The molecule has 0 unspecified atom stereocenters. The molecule has 0 atom stereocenters. The first-order chi connectivity index (χ1) is 8.15. The van der Waals surface area contributed by atoms with Gasteiger partial charge in [0.25, 0.3) is 5.91 Å². The molecule has 0 aliphatic heterocycles. The van der Waals surface area contributed by atoms with E-state index in [4.69, 9.17) is 5.73 Å². The summed E-state index contributed by atoms with van der Waals surface area (Å²) in [4.78, 5) is 11.9. The zero-order valence-electron chi connectivity index (χ0n) is 10.7. The highest BCUT2D eigenvalue weighted by Crippen LogP contribution is 2.15. The number of nitrogens with two attached hydrogens (primary N) is 1. The molecule has 0 bridgehead atoms. The zero-order valence-corrected chi connectivity index (χ0v) is 11.5. The van der Waals surface area contributed by atoms with Crippen molar-refractivity contribution >= 4 is 21.4 Å². The highest BCUT2D eigenvalue weighted by Gasteiger charge is 2.30. The van der Waals surface area contributed by atoms with Crippen molar-refractivity contribution in [1.82, 2.24) is 5.32 Å². The van der Waals surface area contributed by atoms with Crippen molar-refractivity contribution in [2.45, 2.75) is 18.6 Å². The largest absolute Gasteiger partial charge is 0.398 e. The maximum absolute atomic E-state index is 11.9. The number of para-hydroxylation sites is 1. The molecule has 0 radical (unpaired) electrons. The number of nitrogens with one attached hydrogen (secondary N) is 1. The van der Waals surface area contributed by atoms with E-state index in [1.54, 1.807) is 38.1 Å². The molecule has 0 fully saturated rings. The average molecular weight is 270 g/mol. The predicted molar refractivity (Wildman–Crippen MR) is 72.1 cm³/mol. The summed E-state index contributed by atoms with van der Waals surface area (Å²) >= 11 is 0. The van der Waals surface area contributed by atoms with Gasteiger partial charge in [-0.3, -0.25) is 4.79 Å². The molecule has 1 amide bonds. The van der Waals surface area contributed by atoms with Gasteiger partial charge in [0.15, 0.2) is 9.84 Å². The van der Waals surface area contributed by atoms with E-state index < -0.39 is 14.6 Å². The zero-order chi connectivity index (χ0) is 14.0. The van der Waals surface area contributed by atoms with E-state index in [0.29, 0.717) is 11.3 Å². The molecule has 100 valence electrons. The third-order valence-electron chi connectivity index (χ3n) is 2.88. The molecule has 1 aromatic carbocycles. The van der Waals surface area contributed by atoms with Gasteiger partial charge in [0.2, 0.25) is 0 Å². The molecule has 18 heavy (non-hydrogen) atoms. The lowest BCUT2D eigenvalue weighted by molar-refractivity contribution is 0.0951. The summed E-state index contributed by atoms with van der Waals surface area (Å²) in [5, 5.41) is 2.59. The van der Waals surface area contributed by atoms with Crippen LogP contribution in [-0.4, -0.2) is 31.9 Å². The fraction of sp³-hybridized carbons (Fsp3) is 0.417. The van der Waals surface area contributed by atoms with Crippen molar-refractivity contribution in [1.29, 1.82) is 0 Å². The lowest BCUT2D eigenvalue weighted by atomic mass is 10.1. The molecule has 0 saturated heterocycles. The molecule has 0 heterocycles. The fourth-order valence-corrected chi connectivity index (χ4v) is 1.56. The van der Waals surface area contributed by atoms with Crippen LogP contribution in [0.4, 0.5) is 5.69 Å². The number of carbonyl (C=O) groups is 1. The Morgan fingerprint density at radius 2 is 1.89 bits per heavy atom. The minimum Gasteiger partial charge on any atom is -0.398 e. The molecule has 1 rings (SSSR count). The van der Waals surface area contributed by atoms with E-state index >= 15 is 0 Å². The highest BCUT2D eigenvalue weighted by atomic mass is 32.2. The summed E-state index contributed by atoms with van der Waals surface area (Å²) in [5.41, 5.74) is 6.38. The van der Waals surface area contributed by atoms with Crippen LogP contribution in [-0.2, 0) is 9.84 Å². The number of amides is 1. The van der Waals surface area contributed by atoms with Crippen LogP contribution >= 0.6 is 0 Å². The molecule has 5 nitrogen and oxygen atoms in total. The number of carbonyl (C=O) groups excluding carboxylic acids is 1. The second kappa shape index (κ2) is 4.97. The van der Waals surface area contributed by atoms with Gasteiger partial charge in [-0.1, -0.05) is 12.1 Å². The van der Waals surface area contributed by atoms with Crippen LogP contribution in [0.3, 0.4) is 0 Å². The molecule has 6 heteroatoms. The van der Waals surface area contributed by atoms with Crippen molar-refractivity contribution in [2.24, 2.45) is 0 Å². The Balaban J connectivity index is 2.77. The van der Waals surface area contributed by atoms with E-state index in [1.165, 1.54) is 0 Å². The maximum atomic E-state index is 11.9. The Morgan fingerprint density at radius 3 is 2.39 bits per heavy atom. The van der Waals surface area contributed by atoms with Crippen LogP contribution in [0.15, 0.2) is 24.3 Å². The maximum Gasteiger partial charge on any atom is 0.253 e. The number of hydrogen-bond acceptors (Lipinski definition) is 4. The van der Waals surface area contributed by atoms with E-state index in [9.17, 15) is 13.2 Å². The predicted octanol–water partition coefficient (Wildman–Crippen LogP) is 0.822. The number of rotatable bonds is 4. The molecular formula is C12H18N2O3S. The number of sulfone groups is 1. The summed E-state index contributed by atoms with van der Waals surface area (Å²) < 4.78 is 22.0. The van der Waals surface area contributed by atoms with Gasteiger partial charge in [0.1, 0.15) is 0 Å². The Hall–Kier alpha value is -1.56. The van der Waals surface area contributed by atoms with E-state index in [0.717, 1.165) is 6.26 Å². The molecule has 0 aliphatic rings. The van der Waals surface area contributed by atoms with Crippen LogP contribution in [0.2, 0.25) is 0 Å². The number of benzene rings is 1. The van der Waals surface area contributed by atoms with Gasteiger partial charge in [-0.25, -0.2) is 8.42 Å². The van der Waals surface area contributed by atoms with Gasteiger partial charge in [0, 0.05) is 18.5 Å². The van der Waals surface area contributed by atoms with Gasteiger partial charge >= 0.3 is 0 Å². The summed E-state index contributed by atoms with van der Waals surface area (Å²) in [7, 11) is -3.24. The SMILES string of the molecule is CC(C)(CNC(=O)c1ccccc1N)S(C)(=O)=O. The van der Waals surface area contributed by atoms with Crippen LogP contribution in [0.25, 0.3) is 0 Å². The van der Waals surface area contributed by atoms with Gasteiger partial charge in [-0.05, 0) is 26.0 Å². The second-order valence-electron chi connectivity index (χ2n) is 4.80. The van der Waals surface area contributed by atoms with Gasteiger partial charge in [0.05, 0.1) is 10.3 Å². The first-order valence-electron chi connectivity index (χ1n) is 5.47. The summed E-state index contributed by atoms with van der Waals surface area (Å²) in [5.74, 6) is -0.371. The lowest BCUT2D eigenvalue weighted by Crippen LogP contribution is -2.43. The van der Waals surface area contributed by atoms with E-state index in [2.05, 4.69) is 5.32 Å². The second-order valence-corrected chi connectivity index (χ2v) is 7.45. The quantitative estimate of drug-likeness (QED) is 0.793. The first kappa shape index (κ1) is 14.5. The van der Waals surface area contributed by atoms with E-state index in [1.807, 2.05) is 0 Å². The molecule has 3 N–H and O–H groups in total. The van der Waals surface area contributed by atoms with Crippen molar-refractivity contribution < 1.29 is 13.2 Å². The molecule has 0 spiro atoms. The Bertz CT molecular complexity index is 550. The summed E-state index contributed by atoms with van der Waals surface area (Å²) in [6.07, 6.45) is 1.15. The monoisotopic (exact) mass is 270 g/mol. The normalized spacial score (nSPS) is 12.2. The van der Waals surface area contributed by atoms with Crippen molar-refractivity contribution in [3.8, 4) is 0 Å². The molecule has 1 aromatic rings. The van der Waals surface area contributed by atoms with E-state index in [-0.39, 0.29) is 12.5 Å². The van der Waals surface area contributed by atoms with Crippen LogP contribution in [0.1, 0.15) is 24.2 Å². The third kappa shape index (κ3) is 3.22. The molecular weight excluding hydrogens is 252 g/mol. The van der Waals surface area contributed by atoms with Crippen LogP contribution in [0.5, 0.6) is 0 Å². The van der Waals surface area contributed by atoms with Crippen molar-refractivity contribution in [2.75, 3.05) is 18.5 Å². The Kier molecular flexibility index (Phi) is 4.01. The smallest absolute Gasteiger partial charge is 0.253 e.